The molecule has 0 radical (unpaired) electrons. The van der Waals surface area contributed by atoms with Gasteiger partial charge >= 0.3 is 11.8 Å². The Balaban J connectivity index is 2.04. The first-order valence-corrected chi connectivity index (χ1v) is 7.93. The minimum atomic E-state index is -0.618. The van der Waals surface area contributed by atoms with Gasteiger partial charge in [-0.3, -0.25) is 9.59 Å². The first kappa shape index (κ1) is 17.1. The molecule has 0 aromatic heterocycles. The van der Waals surface area contributed by atoms with Crippen molar-refractivity contribution in [1.82, 2.24) is 10.6 Å². The molecule has 0 bridgehead atoms. The number of hydrogen-bond acceptors (Lipinski definition) is 3. The van der Waals surface area contributed by atoms with E-state index in [1.54, 1.807) is 13.2 Å². The summed E-state index contributed by atoms with van der Waals surface area (Å²) < 4.78 is 5.20. The molecule has 0 spiro atoms. The van der Waals surface area contributed by atoms with E-state index in [9.17, 15) is 9.59 Å². The first-order chi connectivity index (χ1) is 11.1. The quantitative estimate of drug-likeness (QED) is 0.622. The largest absolute Gasteiger partial charge is 0.497 e. The van der Waals surface area contributed by atoms with Crippen LogP contribution in [0, 0.1) is 0 Å². The lowest BCUT2D eigenvalue weighted by atomic mass is 9.78. The van der Waals surface area contributed by atoms with Gasteiger partial charge in [-0.05, 0) is 30.5 Å². The number of carbonyl (C=O) groups is 2. The molecular formula is C18H24N2O3. The molecule has 5 nitrogen and oxygen atoms in total. The van der Waals surface area contributed by atoms with Crippen molar-refractivity contribution < 1.29 is 14.3 Å². The Hall–Kier alpha value is -2.30. The highest BCUT2D eigenvalue weighted by atomic mass is 16.5. The molecule has 1 saturated carbocycles. The van der Waals surface area contributed by atoms with Crippen molar-refractivity contribution in [3.05, 3.63) is 42.5 Å². The average Bonchev–Trinajstić information content (AvgIpc) is 3.07. The maximum atomic E-state index is 11.9. The van der Waals surface area contributed by atoms with E-state index in [1.807, 2.05) is 24.3 Å². The molecule has 1 aliphatic carbocycles. The summed E-state index contributed by atoms with van der Waals surface area (Å²) in [6.45, 7) is 4.27. The molecule has 23 heavy (non-hydrogen) atoms. The van der Waals surface area contributed by atoms with Crippen LogP contribution in [-0.2, 0) is 15.0 Å². The van der Waals surface area contributed by atoms with Gasteiger partial charge in [-0.25, -0.2) is 0 Å². The third-order valence-corrected chi connectivity index (χ3v) is 4.46. The lowest BCUT2D eigenvalue weighted by Gasteiger charge is -2.30. The van der Waals surface area contributed by atoms with Crippen LogP contribution >= 0.6 is 0 Å². The van der Waals surface area contributed by atoms with Crippen LogP contribution in [0.1, 0.15) is 31.2 Å². The van der Waals surface area contributed by atoms with Gasteiger partial charge in [0.2, 0.25) is 0 Å². The Morgan fingerprint density at radius 2 is 1.78 bits per heavy atom. The topological polar surface area (TPSA) is 67.4 Å². The van der Waals surface area contributed by atoms with Crippen LogP contribution in [-0.4, -0.2) is 32.0 Å². The lowest BCUT2D eigenvalue weighted by molar-refractivity contribution is -0.139. The average molecular weight is 316 g/mol. The highest BCUT2D eigenvalue weighted by Gasteiger charge is 2.36. The molecule has 0 saturated heterocycles. The van der Waals surface area contributed by atoms with E-state index >= 15 is 0 Å². The SMILES string of the molecule is C=CCNC(=O)C(=O)NCC1(c2ccc(OC)cc2)CCCC1. The van der Waals surface area contributed by atoms with Crippen molar-refractivity contribution in [2.75, 3.05) is 20.2 Å². The molecule has 1 aromatic rings. The third kappa shape index (κ3) is 4.12. The molecule has 0 heterocycles. The number of rotatable bonds is 6. The van der Waals surface area contributed by atoms with Crippen LogP contribution in [0.3, 0.4) is 0 Å². The number of carbonyl (C=O) groups excluding carboxylic acids is 2. The molecule has 2 N–H and O–H groups in total. The van der Waals surface area contributed by atoms with Crippen LogP contribution in [0.2, 0.25) is 0 Å². The van der Waals surface area contributed by atoms with Crippen LogP contribution in [0.5, 0.6) is 5.75 Å². The standard InChI is InChI=1S/C18H24N2O3/c1-3-12-19-16(21)17(22)20-13-18(10-4-5-11-18)14-6-8-15(23-2)9-7-14/h3,6-9H,1,4-5,10-13H2,2H3,(H,19,21)(H,20,22). The molecule has 5 heteroatoms. The Bertz CT molecular complexity index is 560. The van der Waals surface area contributed by atoms with E-state index in [0.717, 1.165) is 31.4 Å². The van der Waals surface area contributed by atoms with Crippen molar-refractivity contribution >= 4 is 11.8 Å². The maximum Gasteiger partial charge on any atom is 0.309 e. The maximum absolute atomic E-state index is 11.9. The summed E-state index contributed by atoms with van der Waals surface area (Å²) in [5, 5.41) is 5.27. The lowest BCUT2D eigenvalue weighted by Crippen LogP contribution is -2.45. The smallest absolute Gasteiger partial charge is 0.309 e. The van der Waals surface area contributed by atoms with E-state index in [2.05, 4.69) is 17.2 Å². The molecule has 1 aromatic carbocycles. The number of amides is 2. The molecule has 0 aliphatic heterocycles. The predicted octanol–water partition coefficient (Wildman–Crippen LogP) is 1.93. The summed E-state index contributed by atoms with van der Waals surface area (Å²) in [6.07, 6.45) is 5.82. The van der Waals surface area contributed by atoms with E-state index in [-0.39, 0.29) is 12.0 Å². The molecular weight excluding hydrogens is 292 g/mol. The van der Waals surface area contributed by atoms with Gasteiger partial charge in [-0.2, -0.15) is 0 Å². The van der Waals surface area contributed by atoms with Gasteiger partial charge in [0.25, 0.3) is 0 Å². The Kier molecular flexibility index (Phi) is 5.79. The summed E-state index contributed by atoms with van der Waals surface area (Å²) in [5.41, 5.74) is 1.09. The highest BCUT2D eigenvalue weighted by Crippen LogP contribution is 2.41. The van der Waals surface area contributed by atoms with Crippen molar-refractivity contribution in [1.29, 1.82) is 0 Å². The van der Waals surface area contributed by atoms with Gasteiger partial charge in [0.05, 0.1) is 7.11 Å². The Morgan fingerprint density at radius 3 is 2.35 bits per heavy atom. The van der Waals surface area contributed by atoms with Gasteiger partial charge in [0, 0.05) is 18.5 Å². The predicted molar refractivity (Wildman–Crippen MR) is 89.4 cm³/mol. The van der Waals surface area contributed by atoms with Crippen LogP contribution in [0.25, 0.3) is 0 Å². The minimum absolute atomic E-state index is 0.0966. The van der Waals surface area contributed by atoms with E-state index < -0.39 is 11.8 Å². The molecule has 0 unspecified atom stereocenters. The van der Waals surface area contributed by atoms with Gasteiger partial charge in [-0.1, -0.05) is 31.1 Å². The number of hydrogen-bond donors (Lipinski definition) is 2. The van der Waals surface area contributed by atoms with Crippen molar-refractivity contribution in [3.63, 3.8) is 0 Å². The zero-order chi connectivity index (χ0) is 16.7. The number of methoxy groups -OCH3 is 1. The number of ether oxygens (including phenoxy) is 1. The van der Waals surface area contributed by atoms with Crippen molar-refractivity contribution in [2.24, 2.45) is 0 Å². The summed E-state index contributed by atoms with van der Waals surface area (Å²) in [5.74, 6) is -0.394. The fourth-order valence-corrected chi connectivity index (χ4v) is 3.14. The van der Waals surface area contributed by atoms with Crippen LogP contribution in [0.4, 0.5) is 0 Å². The summed E-state index contributed by atoms with van der Waals surface area (Å²) >= 11 is 0. The molecule has 0 atom stereocenters. The summed E-state index contributed by atoms with van der Waals surface area (Å²) in [4.78, 5) is 23.5. The van der Waals surface area contributed by atoms with E-state index in [4.69, 9.17) is 4.74 Å². The second-order valence-electron chi connectivity index (χ2n) is 5.90. The number of benzene rings is 1. The van der Waals surface area contributed by atoms with E-state index in [0.29, 0.717) is 6.54 Å². The second-order valence-corrected chi connectivity index (χ2v) is 5.90. The Morgan fingerprint density at radius 1 is 1.17 bits per heavy atom. The third-order valence-electron chi connectivity index (χ3n) is 4.46. The van der Waals surface area contributed by atoms with Gasteiger partial charge in [0.1, 0.15) is 5.75 Å². The minimum Gasteiger partial charge on any atom is -0.497 e. The molecule has 124 valence electrons. The fourth-order valence-electron chi connectivity index (χ4n) is 3.14. The molecule has 1 fully saturated rings. The molecule has 2 amide bonds. The summed E-state index contributed by atoms with van der Waals surface area (Å²) in [6, 6.07) is 7.98. The van der Waals surface area contributed by atoms with Crippen LogP contribution < -0.4 is 15.4 Å². The highest BCUT2D eigenvalue weighted by molar-refractivity contribution is 6.35. The monoisotopic (exact) mass is 316 g/mol. The molecule has 1 aliphatic rings. The fraction of sp³-hybridized carbons (Fsp3) is 0.444. The van der Waals surface area contributed by atoms with Gasteiger partial charge in [0.15, 0.2) is 0 Å². The normalized spacial score (nSPS) is 15.7. The first-order valence-electron chi connectivity index (χ1n) is 7.93. The van der Waals surface area contributed by atoms with Crippen molar-refractivity contribution in [2.45, 2.75) is 31.1 Å². The van der Waals surface area contributed by atoms with Crippen molar-refractivity contribution in [3.8, 4) is 5.75 Å². The van der Waals surface area contributed by atoms with Gasteiger partial charge in [-0.15, -0.1) is 6.58 Å². The second kappa shape index (κ2) is 7.81. The zero-order valence-electron chi connectivity index (χ0n) is 13.6. The van der Waals surface area contributed by atoms with Gasteiger partial charge < -0.3 is 15.4 Å². The van der Waals surface area contributed by atoms with Crippen LogP contribution in [0.15, 0.2) is 36.9 Å². The summed E-state index contributed by atoms with van der Waals surface area (Å²) in [7, 11) is 1.64. The Labute approximate surface area is 137 Å². The molecule has 2 rings (SSSR count). The zero-order valence-corrected chi connectivity index (χ0v) is 13.6. The van der Waals surface area contributed by atoms with E-state index in [1.165, 1.54) is 5.56 Å². The number of nitrogens with one attached hydrogen (secondary N) is 2.